The normalized spacial score (nSPS) is 17.9. The van der Waals surface area contributed by atoms with E-state index in [4.69, 9.17) is 4.74 Å². The molecule has 0 saturated carbocycles. The third kappa shape index (κ3) is 5.61. The van der Waals surface area contributed by atoms with Gasteiger partial charge in [0.1, 0.15) is 5.60 Å². The molecule has 3 heterocycles. The second kappa shape index (κ2) is 10.5. The summed E-state index contributed by atoms with van der Waals surface area (Å²) in [4.78, 5) is 66.4. The second-order valence-electron chi connectivity index (χ2n) is 12.1. The molecular formula is C30H35N5O6. The number of rotatable bonds is 8. The summed E-state index contributed by atoms with van der Waals surface area (Å²) in [7, 11) is 0. The van der Waals surface area contributed by atoms with Gasteiger partial charge in [0.2, 0.25) is 12.3 Å². The Morgan fingerprint density at radius 3 is 2.29 bits per heavy atom. The van der Waals surface area contributed by atoms with E-state index in [-0.39, 0.29) is 30.1 Å². The van der Waals surface area contributed by atoms with Crippen molar-refractivity contribution in [1.29, 1.82) is 0 Å². The van der Waals surface area contributed by atoms with Crippen LogP contribution in [0.4, 0.5) is 21.9 Å². The van der Waals surface area contributed by atoms with Crippen LogP contribution in [0.25, 0.3) is 0 Å². The Bertz CT molecular complexity index is 1390. The largest absolute Gasteiger partial charge is 0.444 e. The molecule has 0 aromatic heterocycles. The van der Waals surface area contributed by atoms with Gasteiger partial charge < -0.3 is 14.5 Å². The Hall–Kier alpha value is -4.41. The zero-order valence-corrected chi connectivity index (χ0v) is 23.7. The summed E-state index contributed by atoms with van der Waals surface area (Å²) in [5.41, 5.74) is 2.84. The Balaban J connectivity index is 1.17. The van der Waals surface area contributed by atoms with Gasteiger partial charge in [0.25, 0.3) is 11.8 Å². The summed E-state index contributed by atoms with van der Waals surface area (Å²) < 4.78 is 5.30. The molecule has 11 nitrogen and oxygen atoms in total. The van der Waals surface area contributed by atoms with Crippen molar-refractivity contribution in [3.05, 3.63) is 53.6 Å². The highest BCUT2D eigenvalue weighted by molar-refractivity contribution is 6.24. The number of hydrogen-bond donors (Lipinski definition) is 2. The number of hydrogen-bond acceptors (Lipinski definition) is 8. The quantitative estimate of drug-likeness (QED) is 0.371. The van der Waals surface area contributed by atoms with E-state index in [2.05, 4.69) is 20.4 Å². The molecule has 41 heavy (non-hydrogen) atoms. The first kappa shape index (κ1) is 28.1. The lowest BCUT2D eigenvalue weighted by Gasteiger charge is -2.61. The maximum atomic E-state index is 13.4. The molecule has 216 valence electrons. The van der Waals surface area contributed by atoms with Gasteiger partial charge in [0, 0.05) is 55.4 Å². The van der Waals surface area contributed by atoms with Crippen molar-refractivity contribution in [1.82, 2.24) is 10.2 Å². The summed E-state index contributed by atoms with van der Waals surface area (Å²) in [6, 6.07) is 12.5. The van der Waals surface area contributed by atoms with Crippen LogP contribution >= 0.6 is 0 Å². The molecule has 3 aliphatic heterocycles. The highest BCUT2D eigenvalue weighted by Gasteiger charge is 2.53. The van der Waals surface area contributed by atoms with E-state index in [0.29, 0.717) is 23.2 Å². The predicted octanol–water partition coefficient (Wildman–Crippen LogP) is 3.40. The maximum Gasteiger partial charge on any atom is 0.412 e. The Labute approximate surface area is 238 Å². The van der Waals surface area contributed by atoms with Gasteiger partial charge in [-0.05, 0) is 70.5 Å². The number of nitrogens with one attached hydrogen (secondary N) is 2. The maximum absolute atomic E-state index is 13.4. The van der Waals surface area contributed by atoms with Crippen LogP contribution in [-0.2, 0) is 14.3 Å². The number of carbonyl (C=O) groups is 5. The lowest BCUT2D eigenvalue weighted by Crippen LogP contribution is -2.72. The van der Waals surface area contributed by atoms with E-state index < -0.39 is 23.6 Å². The van der Waals surface area contributed by atoms with E-state index in [1.54, 1.807) is 19.1 Å². The minimum atomic E-state index is -0.565. The molecular weight excluding hydrogens is 526 g/mol. The minimum Gasteiger partial charge on any atom is -0.444 e. The number of amides is 5. The Morgan fingerprint density at radius 1 is 1.00 bits per heavy atom. The van der Waals surface area contributed by atoms with Crippen LogP contribution in [0.2, 0.25) is 0 Å². The van der Waals surface area contributed by atoms with Gasteiger partial charge in [-0.15, -0.1) is 0 Å². The molecule has 2 aromatic rings. The third-order valence-corrected chi connectivity index (χ3v) is 7.70. The molecule has 2 N–H and O–H groups in total. The standard InChI is InChI=1S/C30H35N5O6/c1-19(8-13-24(37)31-18-36)35-26(38)22-6-5-7-23(25(22)27(35)39)34-16-30(17-34)14-33(15-30)21-11-9-20(10-12-21)32-28(40)41-29(2,3)4/h5-7,9-12,18-19H,8,13-17H2,1-4H3,(H,32,40)(H,31,36,37). The van der Waals surface area contributed by atoms with E-state index in [0.717, 1.165) is 37.6 Å². The van der Waals surface area contributed by atoms with Crippen molar-refractivity contribution in [2.45, 2.75) is 52.2 Å². The van der Waals surface area contributed by atoms with Gasteiger partial charge in [0.05, 0.1) is 16.8 Å². The fourth-order valence-electron chi connectivity index (χ4n) is 5.81. The zero-order chi connectivity index (χ0) is 29.5. The number of nitrogens with zero attached hydrogens (tertiary/aromatic N) is 3. The van der Waals surface area contributed by atoms with Gasteiger partial charge in [-0.2, -0.15) is 0 Å². The first-order chi connectivity index (χ1) is 19.4. The molecule has 2 aromatic carbocycles. The zero-order valence-electron chi connectivity index (χ0n) is 23.7. The van der Waals surface area contributed by atoms with Crippen molar-refractivity contribution in [2.75, 3.05) is 41.3 Å². The van der Waals surface area contributed by atoms with E-state index in [9.17, 15) is 24.0 Å². The monoisotopic (exact) mass is 561 g/mol. The van der Waals surface area contributed by atoms with E-state index in [1.807, 2.05) is 51.1 Å². The van der Waals surface area contributed by atoms with Crippen LogP contribution in [-0.4, -0.2) is 72.9 Å². The Kier molecular flexibility index (Phi) is 7.23. The SMILES string of the molecule is CC(CCC(=O)NC=O)N1C(=O)c2cccc(N3CC4(CN(c5ccc(NC(=O)OC(C)(C)C)cc5)C4)C3)c2C1=O. The predicted molar refractivity (Wildman–Crippen MR) is 153 cm³/mol. The van der Waals surface area contributed by atoms with Crippen LogP contribution in [0.1, 0.15) is 61.3 Å². The molecule has 1 spiro atoms. The molecule has 1 atom stereocenters. The number of ether oxygens (including phenoxy) is 1. The molecule has 0 bridgehead atoms. The minimum absolute atomic E-state index is 0.0360. The summed E-state index contributed by atoms with van der Waals surface area (Å²) in [5.74, 6) is -1.15. The fraction of sp³-hybridized carbons (Fsp3) is 0.433. The number of imide groups is 2. The van der Waals surface area contributed by atoms with Crippen molar-refractivity contribution in [3.8, 4) is 0 Å². The van der Waals surface area contributed by atoms with Gasteiger partial charge in [0.15, 0.2) is 0 Å². The average Bonchev–Trinajstić information content (AvgIpc) is 3.11. The number of fused-ring (bicyclic) bond motifs is 1. The van der Waals surface area contributed by atoms with Crippen LogP contribution in [0.5, 0.6) is 0 Å². The van der Waals surface area contributed by atoms with Crippen molar-refractivity contribution < 1.29 is 28.7 Å². The number of carbonyl (C=O) groups excluding carboxylic acids is 5. The molecule has 0 radical (unpaired) electrons. The average molecular weight is 562 g/mol. The van der Waals surface area contributed by atoms with Crippen LogP contribution in [0.3, 0.4) is 0 Å². The molecule has 5 rings (SSSR count). The smallest absolute Gasteiger partial charge is 0.412 e. The fourth-order valence-corrected chi connectivity index (χ4v) is 5.81. The van der Waals surface area contributed by atoms with Crippen molar-refractivity contribution >= 4 is 47.3 Å². The molecule has 5 amide bonds. The van der Waals surface area contributed by atoms with Crippen LogP contribution in [0, 0.1) is 5.41 Å². The van der Waals surface area contributed by atoms with Crippen LogP contribution < -0.4 is 20.4 Å². The van der Waals surface area contributed by atoms with Crippen molar-refractivity contribution in [2.24, 2.45) is 5.41 Å². The molecule has 2 fully saturated rings. The van der Waals surface area contributed by atoms with Crippen LogP contribution in [0.15, 0.2) is 42.5 Å². The highest BCUT2D eigenvalue weighted by atomic mass is 16.6. The van der Waals surface area contributed by atoms with Gasteiger partial charge in [-0.1, -0.05) is 6.07 Å². The Morgan fingerprint density at radius 2 is 1.66 bits per heavy atom. The lowest BCUT2D eigenvalue weighted by atomic mass is 9.72. The summed E-state index contributed by atoms with van der Waals surface area (Å²) >= 11 is 0. The first-order valence-corrected chi connectivity index (χ1v) is 13.7. The summed E-state index contributed by atoms with van der Waals surface area (Å²) in [6.45, 7) is 10.5. The first-order valence-electron chi connectivity index (χ1n) is 13.7. The molecule has 2 saturated heterocycles. The molecule has 0 aliphatic carbocycles. The second-order valence-corrected chi connectivity index (χ2v) is 12.1. The molecule has 1 unspecified atom stereocenters. The lowest BCUT2D eigenvalue weighted by molar-refractivity contribution is -0.125. The summed E-state index contributed by atoms with van der Waals surface area (Å²) in [6.07, 6.45) is 0.134. The third-order valence-electron chi connectivity index (χ3n) is 7.70. The number of benzene rings is 2. The van der Waals surface area contributed by atoms with E-state index >= 15 is 0 Å². The van der Waals surface area contributed by atoms with E-state index in [1.165, 1.54) is 4.90 Å². The molecule has 11 heteroatoms. The highest BCUT2D eigenvalue weighted by Crippen LogP contribution is 2.46. The van der Waals surface area contributed by atoms with Crippen molar-refractivity contribution in [3.63, 3.8) is 0 Å². The van der Waals surface area contributed by atoms with Gasteiger partial charge in [-0.25, -0.2) is 4.79 Å². The summed E-state index contributed by atoms with van der Waals surface area (Å²) in [5, 5.41) is 4.83. The molecule has 3 aliphatic rings. The topological polar surface area (TPSA) is 128 Å². The van der Waals surface area contributed by atoms with Gasteiger partial charge in [-0.3, -0.25) is 34.7 Å². The number of anilines is 3. The van der Waals surface area contributed by atoms with Gasteiger partial charge >= 0.3 is 6.09 Å².